The van der Waals surface area contributed by atoms with E-state index in [2.05, 4.69) is 41.2 Å². The topological polar surface area (TPSA) is 189 Å². The van der Waals surface area contributed by atoms with Gasteiger partial charge in [-0.2, -0.15) is 11.8 Å². The second-order valence-electron chi connectivity index (χ2n) is 19.1. The van der Waals surface area contributed by atoms with Crippen molar-refractivity contribution in [2.75, 3.05) is 47.5 Å². The van der Waals surface area contributed by atoms with Crippen LogP contribution in [0.1, 0.15) is 83.5 Å². The van der Waals surface area contributed by atoms with Crippen LogP contribution in [-0.4, -0.2) is 91.7 Å². The first-order valence-electron chi connectivity index (χ1n) is 24.0. The van der Waals surface area contributed by atoms with Crippen molar-refractivity contribution in [2.24, 2.45) is 4.99 Å². The maximum absolute atomic E-state index is 14.1. The number of nitrogens with zero attached hydrogens (tertiary/aromatic N) is 3. The summed E-state index contributed by atoms with van der Waals surface area (Å²) < 4.78 is 24.4. The minimum absolute atomic E-state index is 0.00172. The highest BCUT2D eigenvalue weighted by Gasteiger charge is 2.39. The van der Waals surface area contributed by atoms with Gasteiger partial charge in [0.1, 0.15) is 25.3 Å². The van der Waals surface area contributed by atoms with E-state index in [0.717, 1.165) is 28.9 Å². The van der Waals surface area contributed by atoms with Gasteiger partial charge in [0.25, 0.3) is 11.8 Å². The molecule has 4 aliphatic rings. The fourth-order valence-electron chi connectivity index (χ4n) is 9.47. The molecule has 5 aromatic rings. The number of carbonyl (C=O) groups excluding carboxylic acids is 5. The molecule has 4 N–H and O–H groups in total. The lowest BCUT2D eigenvalue weighted by Crippen LogP contribution is -2.50. The highest BCUT2D eigenvalue weighted by Crippen LogP contribution is 2.43. The van der Waals surface area contributed by atoms with Gasteiger partial charge in [-0.3, -0.25) is 33.9 Å². The van der Waals surface area contributed by atoms with E-state index >= 15 is 0 Å². The van der Waals surface area contributed by atoms with Gasteiger partial charge < -0.3 is 45.1 Å². The molecule has 5 amide bonds. The molecule has 72 heavy (non-hydrogen) atoms. The number of amides is 5. The van der Waals surface area contributed by atoms with Crippen molar-refractivity contribution in [3.8, 4) is 23.0 Å². The largest absolute Gasteiger partial charge is 0.493 e. The molecule has 0 bridgehead atoms. The molecule has 374 valence electrons. The maximum Gasteiger partial charge on any atom is 0.261 e. The number of para-hydroxylation sites is 2. The van der Waals surface area contributed by atoms with Crippen LogP contribution in [0, 0.1) is 0 Å². The van der Waals surface area contributed by atoms with Crippen LogP contribution in [0.4, 0.5) is 28.4 Å². The van der Waals surface area contributed by atoms with Crippen LogP contribution in [-0.2, 0) is 40.4 Å². The summed E-state index contributed by atoms with van der Waals surface area (Å²) in [5.41, 5.74) is 7.55. The number of hydrogen-bond acceptors (Lipinski definition) is 12. The Morgan fingerprint density at radius 3 is 2.01 bits per heavy atom. The summed E-state index contributed by atoms with van der Waals surface area (Å²) in [6, 6.07) is 25.8. The molecule has 0 saturated carbocycles. The summed E-state index contributed by atoms with van der Waals surface area (Å²) in [7, 11) is 3.02. The van der Waals surface area contributed by atoms with Gasteiger partial charge >= 0.3 is 0 Å². The van der Waals surface area contributed by atoms with Crippen molar-refractivity contribution in [1.82, 2.24) is 10.6 Å². The van der Waals surface area contributed by atoms with Crippen LogP contribution in [0.2, 0.25) is 0 Å². The Bertz CT molecular complexity index is 3000. The molecule has 16 nitrogen and oxygen atoms in total. The molecule has 4 atom stereocenters. The van der Waals surface area contributed by atoms with Gasteiger partial charge in [-0.1, -0.05) is 50.2 Å². The molecular weight excluding hydrogens is 935 g/mol. The van der Waals surface area contributed by atoms with Crippen LogP contribution in [0.3, 0.4) is 0 Å². The third-order valence-corrected chi connectivity index (χ3v) is 14.9. The second kappa shape index (κ2) is 20.7. The van der Waals surface area contributed by atoms with E-state index in [1.807, 2.05) is 59.7 Å². The zero-order valence-corrected chi connectivity index (χ0v) is 42.2. The van der Waals surface area contributed by atoms with Crippen LogP contribution in [0.5, 0.6) is 23.0 Å². The highest BCUT2D eigenvalue weighted by molar-refractivity contribution is 7.99. The molecule has 0 aromatic heterocycles. The van der Waals surface area contributed by atoms with Gasteiger partial charge in [-0.05, 0) is 97.7 Å². The number of methoxy groups -OCH3 is 2. The third kappa shape index (κ3) is 10.3. The predicted molar refractivity (Wildman–Crippen MR) is 280 cm³/mol. The molecule has 17 heteroatoms. The van der Waals surface area contributed by atoms with Crippen molar-refractivity contribution in [3.05, 3.63) is 124 Å². The first-order valence-corrected chi connectivity index (χ1v) is 25.2. The average Bonchev–Trinajstić information content (AvgIpc) is 3.87. The number of nitrogens with one attached hydrogen (secondary N) is 4. The van der Waals surface area contributed by atoms with E-state index in [1.54, 1.807) is 73.1 Å². The van der Waals surface area contributed by atoms with Crippen LogP contribution in [0.15, 0.2) is 96.0 Å². The van der Waals surface area contributed by atoms with E-state index in [9.17, 15) is 24.0 Å². The summed E-state index contributed by atoms with van der Waals surface area (Å²) in [6.45, 7) is 7.81. The summed E-state index contributed by atoms with van der Waals surface area (Å²) in [4.78, 5) is 76.2. The monoisotopic (exact) mass is 993 g/mol. The van der Waals surface area contributed by atoms with Crippen molar-refractivity contribution < 1.29 is 42.9 Å². The smallest absolute Gasteiger partial charge is 0.261 e. The van der Waals surface area contributed by atoms with E-state index in [4.69, 9.17) is 23.9 Å². The molecule has 0 radical (unpaired) electrons. The Labute approximate surface area is 423 Å². The number of aliphatic imine (C=N–C) groups is 1. The number of ether oxygens (including phenoxy) is 4. The number of carbonyl (C=O) groups is 5. The summed E-state index contributed by atoms with van der Waals surface area (Å²) in [5.74, 6) is -0.135. The number of benzene rings is 5. The number of thioether (sulfide) groups is 1. The number of anilines is 4. The molecular formula is C55H59N7O9S. The first kappa shape index (κ1) is 49.5. The summed E-state index contributed by atoms with van der Waals surface area (Å²) in [5, 5.41) is 11.9. The van der Waals surface area contributed by atoms with Crippen LogP contribution < -0.4 is 50.0 Å². The standard InChI is InChI=1S/C55H59N7O9S/c1-31(58-50(63)16-17-55(3,4)72-7)51(64)59-32(2)52(65)60-37-19-33(29-70-48-25-42-40(23-46(48)68-5)53(66)61-38(27-56-42)21-35-12-8-10-14-44(35)61)18-34(20-37)30-71-49-26-43-41(24-47(49)69-6)54(67)62-39(28-57-43)22-36-13-9-11-15-45(36)62/h8-15,18-20,23-27,31-32,38-39,57H,16-17,21-22,28-30H2,1-7H3,(H,58,63)(H,59,64)(H,60,65)/t31-,32+,38-,39-/m0/s1. The average molecular weight is 994 g/mol. The highest BCUT2D eigenvalue weighted by atomic mass is 32.2. The number of hydrogen-bond donors (Lipinski definition) is 4. The molecule has 4 heterocycles. The van der Waals surface area contributed by atoms with Gasteiger partial charge in [0, 0.05) is 59.5 Å². The lowest BCUT2D eigenvalue weighted by molar-refractivity contribution is -0.130. The van der Waals surface area contributed by atoms with Gasteiger partial charge in [-0.15, -0.1) is 0 Å². The lowest BCUT2D eigenvalue weighted by Gasteiger charge is -2.23. The number of rotatable bonds is 17. The normalized spacial score (nSPS) is 17.0. The molecule has 0 aliphatic carbocycles. The molecule has 0 spiro atoms. The van der Waals surface area contributed by atoms with E-state index in [-0.39, 0.29) is 54.2 Å². The Hall–Kier alpha value is -7.53. The molecule has 5 aromatic carbocycles. The zero-order valence-electron chi connectivity index (χ0n) is 41.4. The maximum atomic E-state index is 14.1. The zero-order chi connectivity index (χ0) is 50.8. The second-order valence-corrected chi connectivity index (χ2v) is 20.6. The van der Waals surface area contributed by atoms with Crippen molar-refractivity contribution in [3.63, 3.8) is 0 Å². The van der Waals surface area contributed by atoms with E-state index < -0.39 is 23.9 Å². The molecule has 0 fully saturated rings. The molecule has 0 saturated heterocycles. The van der Waals surface area contributed by atoms with E-state index in [1.165, 1.54) is 14.2 Å². The van der Waals surface area contributed by atoms with Gasteiger partial charge in [0.15, 0.2) is 23.0 Å². The molecule has 9 rings (SSSR count). The predicted octanol–water partition coefficient (Wildman–Crippen LogP) is 8.02. The fraction of sp³-hybridized carbons (Fsp3) is 0.345. The fourth-order valence-corrected chi connectivity index (χ4v) is 9.78. The van der Waals surface area contributed by atoms with Crippen molar-refractivity contribution in [2.45, 2.75) is 95.5 Å². The van der Waals surface area contributed by atoms with Crippen LogP contribution in [0.25, 0.3) is 0 Å². The Morgan fingerprint density at radius 1 is 0.750 bits per heavy atom. The minimum Gasteiger partial charge on any atom is -0.493 e. The van der Waals surface area contributed by atoms with E-state index in [0.29, 0.717) is 81.7 Å². The molecule has 0 unspecified atom stereocenters. The SMILES string of the molecule is COc1cc2c(cc1OCc1cc(COc3cc4c(cc3OC)C(=O)N3c5ccccc5C[C@H]3CN4)cc(NC(=O)[C@@H](C)NC(=O)[C@H](C)NC(=O)CCC(C)(C)SC)c1)N=C[C@@H]1Cc3ccccc3N1C2=O. The van der Waals surface area contributed by atoms with Gasteiger partial charge in [0.05, 0.1) is 48.8 Å². The Balaban J connectivity index is 0.945. The molecule has 4 aliphatic heterocycles. The lowest BCUT2D eigenvalue weighted by atomic mass is 10.1. The summed E-state index contributed by atoms with van der Waals surface area (Å²) >= 11 is 1.67. The first-order chi connectivity index (χ1) is 34.6. The Kier molecular flexibility index (Phi) is 14.2. The third-order valence-electron chi connectivity index (χ3n) is 13.6. The number of fused-ring (bicyclic) bond motifs is 8. The van der Waals surface area contributed by atoms with Crippen LogP contribution >= 0.6 is 11.8 Å². The Morgan fingerprint density at radius 2 is 1.35 bits per heavy atom. The minimum atomic E-state index is -0.980. The van der Waals surface area contributed by atoms with Crippen molar-refractivity contribution in [1.29, 1.82) is 0 Å². The van der Waals surface area contributed by atoms with Gasteiger partial charge in [0.2, 0.25) is 17.7 Å². The quantitative estimate of drug-likeness (QED) is 0.0707. The van der Waals surface area contributed by atoms with Crippen molar-refractivity contribution >= 4 is 75.9 Å². The summed E-state index contributed by atoms with van der Waals surface area (Å²) in [6.07, 6.45) is 6.09. The van der Waals surface area contributed by atoms with Gasteiger partial charge in [-0.25, -0.2) is 0 Å².